The van der Waals surface area contributed by atoms with Gasteiger partial charge in [0.25, 0.3) is 0 Å². The zero-order valence-corrected chi connectivity index (χ0v) is 9.15. The molecule has 0 bridgehead atoms. The Morgan fingerprint density at radius 3 is 2.87 bits per heavy atom. The molecule has 2 heterocycles. The number of aryl methyl sites for hydroxylation is 1. The summed E-state index contributed by atoms with van der Waals surface area (Å²) < 4.78 is 0. The lowest BCUT2D eigenvalue weighted by Gasteiger charge is -2.11. The molecule has 0 aliphatic heterocycles. The first-order valence-corrected chi connectivity index (χ1v) is 5.00. The van der Waals surface area contributed by atoms with Crippen molar-refractivity contribution in [3.05, 3.63) is 24.3 Å². The highest BCUT2D eigenvalue weighted by molar-refractivity contribution is 5.88. The molecule has 2 aromatic heterocycles. The zero-order chi connectivity index (χ0) is 10.8. The molecule has 1 N–H and O–H groups in total. The smallest absolute Gasteiger partial charge is 0.137 e. The maximum absolute atomic E-state index is 4.45. The van der Waals surface area contributed by atoms with Gasteiger partial charge in [0.2, 0.25) is 0 Å². The van der Waals surface area contributed by atoms with Crippen LogP contribution in [-0.2, 0) is 0 Å². The number of fused-ring (bicyclic) bond motifs is 1. The highest BCUT2D eigenvalue weighted by atomic mass is 15.0. The van der Waals surface area contributed by atoms with Crippen LogP contribution in [0.2, 0.25) is 0 Å². The van der Waals surface area contributed by atoms with E-state index in [0.717, 1.165) is 22.4 Å². The van der Waals surface area contributed by atoms with Gasteiger partial charge in [-0.1, -0.05) is 0 Å². The Balaban J connectivity index is 2.60. The summed E-state index contributed by atoms with van der Waals surface area (Å²) in [4.78, 5) is 12.7. The summed E-state index contributed by atoms with van der Waals surface area (Å²) in [5, 5.41) is 4.27. The van der Waals surface area contributed by atoms with Crippen LogP contribution in [0.1, 0.15) is 19.5 Å². The summed E-state index contributed by atoms with van der Waals surface area (Å²) in [5.74, 6) is 0.862. The maximum atomic E-state index is 4.45. The number of hydrogen-bond donors (Lipinski definition) is 1. The second-order valence-electron chi connectivity index (χ2n) is 3.87. The van der Waals surface area contributed by atoms with Gasteiger partial charge in [-0.3, -0.25) is 0 Å². The van der Waals surface area contributed by atoms with Gasteiger partial charge in [0.1, 0.15) is 12.1 Å². The number of hydrogen-bond acceptors (Lipinski definition) is 4. The normalized spacial score (nSPS) is 10.9. The minimum atomic E-state index is 0.350. The summed E-state index contributed by atoms with van der Waals surface area (Å²) in [7, 11) is 0. The second-order valence-corrected chi connectivity index (χ2v) is 3.87. The third-order valence-corrected chi connectivity index (χ3v) is 2.06. The van der Waals surface area contributed by atoms with Crippen molar-refractivity contribution in [2.45, 2.75) is 26.8 Å². The largest absolute Gasteiger partial charge is 0.367 e. The summed E-state index contributed by atoms with van der Waals surface area (Å²) in [6.45, 7) is 6.13. The summed E-state index contributed by atoms with van der Waals surface area (Å²) >= 11 is 0. The van der Waals surface area contributed by atoms with Crippen molar-refractivity contribution in [2.75, 3.05) is 5.32 Å². The van der Waals surface area contributed by atoms with E-state index in [1.165, 1.54) is 0 Å². The molecular formula is C11H14N4. The Kier molecular flexibility index (Phi) is 2.49. The zero-order valence-electron chi connectivity index (χ0n) is 9.15. The lowest BCUT2D eigenvalue weighted by molar-refractivity contribution is 0.889. The molecule has 0 unspecified atom stereocenters. The third kappa shape index (κ3) is 2.03. The monoisotopic (exact) mass is 202 g/mol. The van der Waals surface area contributed by atoms with Gasteiger partial charge < -0.3 is 5.32 Å². The third-order valence-electron chi connectivity index (χ3n) is 2.06. The SMILES string of the molecule is Cc1cc2ncncc2c(NC(C)C)n1. The van der Waals surface area contributed by atoms with Crippen molar-refractivity contribution in [1.29, 1.82) is 0 Å². The van der Waals surface area contributed by atoms with Crippen LogP contribution in [0.3, 0.4) is 0 Å². The first-order valence-electron chi connectivity index (χ1n) is 5.00. The number of rotatable bonds is 2. The second kappa shape index (κ2) is 3.81. The molecule has 2 rings (SSSR count). The Labute approximate surface area is 88.8 Å². The standard InChI is InChI=1S/C11H14N4/c1-7(2)14-11-9-5-12-6-13-10(9)4-8(3)15-11/h4-7H,1-3H3,(H,14,15). The summed E-state index contributed by atoms with van der Waals surface area (Å²) in [6.07, 6.45) is 3.35. The Morgan fingerprint density at radius 2 is 2.13 bits per heavy atom. The molecule has 0 saturated carbocycles. The number of pyridine rings is 1. The van der Waals surface area contributed by atoms with Gasteiger partial charge in [-0.25, -0.2) is 15.0 Å². The van der Waals surface area contributed by atoms with E-state index in [1.807, 2.05) is 13.0 Å². The first-order chi connectivity index (χ1) is 7.16. The van der Waals surface area contributed by atoms with Crippen LogP contribution in [0, 0.1) is 6.92 Å². The van der Waals surface area contributed by atoms with Gasteiger partial charge in [-0.05, 0) is 26.8 Å². The Hall–Kier alpha value is -1.71. The Morgan fingerprint density at radius 1 is 1.33 bits per heavy atom. The molecule has 0 atom stereocenters. The van der Waals surface area contributed by atoms with E-state index in [9.17, 15) is 0 Å². The van der Waals surface area contributed by atoms with Crippen LogP contribution >= 0.6 is 0 Å². The predicted octanol–water partition coefficient (Wildman–Crippen LogP) is 2.15. The van der Waals surface area contributed by atoms with E-state index in [1.54, 1.807) is 12.5 Å². The lowest BCUT2D eigenvalue weighted by Crippen LogP contribution is -2.12. The van der Waals surface area contributed by atoms with E-state index in [-0.39, 0.29) is 0 Å². The van der Waals surface area contributed by atoms with E-state index < -0.39 is 0 Å². The van der Waals surface area contributed by atoms with Crippen molar-refractivity contribution >= 4 is 16.7 Å². The lowest BCUT2D eigenvalue weighted by atomic mass is 10.2. The average molecular weight is 202 g/mol. The van der Waals surface area contributed by atoms with Crippen LogP contribution in [0.4, 0.5) is 5.82 Å². The molecule has 78 valence electrons. The molecule has 0 aliphatic carbocycles. The van der Waals surface area contributed by atoms with Crippen molar-refractivity contribution in [2.24, 2.45) is 0 Å². The van der Waals surface area contributed by atoms with Crippen LogP contribution < -0.4 is 5.32 Å². The molecule has 0 spiro atoms. The van der Waals surface area contributed by atoms with Gasteiger partial charge in [0.05, 0.1) is 10.9 Å². The molecule has 2 aromatic rings. The minimum Gasteiger partial charge on any atom is -0.367 e. The number of nitrogens with one attached hydrogen (secondary N) is 1. The fraction of sp³-hybridized carbons (Fsp3) is 0.364. The number of anilines is 1. The highest BCUT2D eigenvalue weighted by Gasteiger charge is 2.05. The fourth-order valence-electron chi connectivity index (χ4n) is 1.49. The molecule has 0 amide bonds. The van der Waals surface area contributed by atoms with Crippen molar-refractivity contribution in [3.63, 3.8) is 0 Å². The van der Waals surface area contributed by atoms with Crippen molar-refractivity contribution in [3.8, 4) is 0 Å². The summed E-state index contributed by atoms with van der Waals surface area (Å²) in [6, 6.07) is 2.31. The van der Waals surface area contributed by atoms with E-state index >= 15 is 0 Å². The molecule has 0 aliphatic rings. The quantitative estimate of drug-likeness (QED) is 0.810. The van der Waals surface area contributed by atoms with Crippen LogP contribution in [-0.4, -0.2) is 21.0 Å². The molecular weight excluding hydrogens is 188 g/mol. The van der Waals surface area contributed by atoms with E-state index in [4.69, 9.17) is 0 Å². The number of aromatic nitrogens is 3. The van der Waals surface area contributed by atoms with E-state index in [2.05, 4.69) is 34.1 Å². The molecule has 0 radical (unpaired) electrons. The van der Waals surface area contributed by atoms with Crippen LogP contribution in [0.25, 0.3) is 10.9 Å². The maximum Gasteiger partial charge on any atom is 0.137 e. The van der Waals surface area contributed by atoms with Crippen LogP contribution in [0.5, 0.6) is 0 Å². The topological polar surface area (TPSA) is 50.7 Å². The van der Waals surface area contributed by atoms with E-state index in [0.29, 0.717) is 6.04 Å². The van der Waals surface area contributed by atoms with Gasteiger partial charge >= 0.3 is 0 Å². The molecule has 15 heavy (non-hydrogen) atoms. The van der Waals surface area contributed by atoms with Crippen LogP contribution in [0.15, 0.2) is 18.6 Å². The van der Waals surface area contributed by atoms with Crippen molar-refractivity contribution < 1.29 is 0 Å². The first kappa shape index (κ1) is 9.83. The molecule has 4 nitrogen and oxygen atoms in total. The highest BCUT2D eigenvalue weighted by Crippen LogP contribution is 2.19. The van der Waals surface area contributed by atoms with Gasteiger partial charge in [-0.15, -0.1) is 0 Å². The molecule has 4 heteroatoms. The molecule has 0 fully saturated rings. The molecule has 0 aromatic carbocycles. The number of nitrogens with zero attached hydrogens (tertiary/aromatic N) is 3. The fourth-order valence-corrected chi connectivity index (χ4v) is 1.49. The average Bonchev–Trinajstić information content (AvgIpc) is 2.16. The van der Waals surface area contributed by atoms with Gasteiger partial charge in [0, 0.05) is 17.9 Å². The van der Waals surface area contributed by atoms with Crippen molar-refractivity contribution in [1.82, 2.24) is 15.0 Å². The predicted molar refractivity (Wildman–Crippen MR) is 60.8 cm³/mol. The minimum absolute atomic E-state index is 0.350. The van der Waals surface area contributed by atoms with Gasteiger partial charge in [0.15, 0.2) is 0 Å². The summed E-state index contributed by atoms with van der Waals surface area (Å²) in [5.41, 5.74) is 1.89. The Bertz CT molecular complexity index is 479. The van der Waals surface area contributed by atoms with Gasteiger partial charge in [-0.2, -0.15) is 0 Å². The molecule has 0 saturated heterocycles.